The van der Waals surface area contributed by atoms with Gasteiger partial charge in [0.1, 0.15) is 0 Å². The first-order valence-corrected chi connectivity index (χ1v) is 7.83. The van der Waals surface area contributed by atoms with Crippen LogP contribution < -0.4 is 0 Å². The second-order valence-corrected chi connectivity index (χ2v) is 5.75. The first-order valence-electron chi connectivity index (χ1n) is 5.31. The molecule has 0 fully saturated rings. The summed E-state index contributed by atoms with van der Waals surface area (Å²) in [4.78, 5) is 27.9. The van der Waals surface area contributed by atoms with Gasteiger partial charge in [0, 0.05) is 12.2 Å². The fourth-order valence-corrected chi connectivity index (χ4v) is 2.17. The van der Waals surface area contributed by atoms with E-state index < -0.39 is 7.82 Å². The van der Waals surface area contributed by atoms with Gasteiger partial charge >= 0.3 is 7.82 Å². The predicted octanol–water partition coefficient (Wildman–Crippen LogP) is 2.33. The molecule has 0 saturated heterocycles. The molecule has 0 unspecified atom stereocenters. The summed E-state index contributed by atoms with van der Waals surface area (Å²) in [6, 6.07) is 0. The van der Waals surface area contributed by atoms with Crippen LogP contribution >= 0.6 is 19.6 Å². The molecule has 0 saturated carbocycles. The van der Waals surface area contributed by atoms with E-state index in [1.54, 1.807) is 0 Å². The molecule has 0 radical (unpaired) electrons. The van der Waals surface area contributed by atoms with Gasteiger partial charge in [0.15, 0.2) is 5.12 Å². The van der Waals surface area contributed by atoms with Gasteiger partial charge in [0.2, 0.25) is 0 Å². The van der Waals surface area contributed by atoms with Gasteiger partial charge in [0.25, 0.3) is 0 Å². The largest absolute Gasteiger partial charge is 0.469 e. The summed E-state index contributed by atoms with van der Waals surface area (Å²) in [6.07, 6.45) is 4.51. The highest BCUT2D eigenvalue weighted by molar-refractivity contribution is 8.13. The number of thioether (sulfide) groups is 1. The standard InChI is InChI=1S/C9H19O5PS/c1-2-3-4-5-8-16-9(10)6-7-14-15(11,12)13/h2-8H2,1H3,(H2,11,12,13). The van der Waals surface area contributed by atoms with Crippen molar-refractivity contribution in [3.8, 4) is 0 Å². The van der Waals surface area contributed by atoms with Crippen molar-refractivity contribution in [2.24, 2.45) is 0 Å². The highest BCUT2D eigenvalue weighted by Crippen LogP contribution is 2.35. The highest BCUT2D eigenvalue weighted by Gasteiger charge is 2.14. The van der Waals surface area contributed by atoms with E-state index in [9.17, 15) is 9.36 Å². The summed E-state index contributed by atoms with van der Waals surface area (Å²) >= 11 is 1.21. The zero-order chi connectivity index (χ0) is 12.4. The third kappa shape index (κ3) is 12.2. The van der Waals surface area contributed by atoms with Crippen molar-refractivity contribution in [2.75, 3.05) is 12.4 Å². The summed E-state index contributed by atoms with van der Waals surface area (Å²) in [5, 5.41) is -0.0788. The minimum absolute atomic E-state index is 0.0452. The minimum atomic E-state index is -4.42. The van der Waals surface area contributed by atoms with Crippen LogP contribution in [0.25, 0.3) is 0 Å². The molecule has 0 aromatic rings. The minimum Gasteiger partial charge on any atom is -0.303 e. The predicted molar refractivity (Wildman–Crippen MR) is 64.2 cm³/mol. The molecule has 7 heteroatoms. The van der Waals surface area contributed by atoms with E-state index in [-0.39, 0.29) is 18.1 Å². The molecule has 0 aliphatic carbocycles. The quantitative estimate of drug-likeness (QED) is 0.494. The Labute approximate surface area is 100 Å². The van der Waals surface area contributed by atoms with Crippen LogP contribution in [0.4, 0.5) is 0 Å². The molecule has 2 N–H and O–H groups in total. The van der Waals surface area contributed by atoms with Crippen LogP contribution in [0.3, 0.4) is 0 Å². The average Bonchev–Trinajstić information content (AvgIpc) is 2.15. The molecule has 0 aliphatic rings. The molecule has 0 amide bonds. The smallest absolute Gasteiger partial charge is 0.303 e. The van der Waals surface area contributed by atoms with Gasteiger partial charge in [-0.1, -0.05) is 37.9 Å². The normalized spacial score (nSPS) is 11.7. The highest BCUT2D eigenvalue weighted by atomic mass is 32.2. The number of rotatable bonds is 9. The first-order chi connectivity index (χ1) is 7.45. The topological polar surface area (TPSA) is 83.8 Å². The van der Waals surface area contributed by atoms with Crippen LogP contribution in [0.15, 0.2) is 0 Å². The van der Waals surface area contributed by atoms with Gasteiger partial charge < -0.3 is 9.79 Å². The van der Waals surface area contributed by atoms with Gasteiger partial charge in [-0.15, -0.1) is 0 Å². The van der Waals surface area contributed by atoms with Crippen LogP contribution in [-0.2, 0) is 13.9 Å². The van der Waals surface area contributed by atoms with Gasteiger partial charge in [-0.3, -0.25) is 9.32 Å². The molecule has 96 valence electrons. The second kappa shape index (κ2) is 9.19. The third-order valence-corrected chi connectivity index (χ3v) is 3.36. The molecule has 0 heterocycles. The molecule has 0 atom stereocenters. The Kier molecular flexibility index (Phi) is 9.26. The van der Waals surface area contributed by atoms with E-state index in [1.165, 1.54) is 18.2 Å². The summed E-state index contributed by atoms with van der Waals surface area (Å²) in [7, 11) is -4.42. The molecular formula is C9H19O5PS. The zero-order valence-corrected chi connectivity index (χ0v) is 11.1. The molecule has 0 bridgehead atoms. The van der Waals surface area contributed by atoms with Gasteiger partial charge in [-0.2, -0.15) is 0 Å². The zero-order valence-electron chi connectivity index (χ0n) is 9.42. The molecule has 0 aliphatic heterocycles. The van der Waals surface area contributed by atoms with Gasteiger partial charge in [-0.05, 0) is 6.42 Å². The summed E-state index contributed by atoms with van der Waals surface area (Å²) in [5.74, 6) is 0.773. The van der Waals surface area contributed by atoms with Crippen molar-refractivity contribution in [1.29, 1.82) is 0 Å². The lowest BCUT2D eigenvalue weighted by atomic mass is 10.2. The van der Waals surface area contributed by atoms with E-state index in [0.29, 0.717) is 0 Å². The van der Waals surface area contributed by atoms with E-state index in [2.05, 4.69) is 11.4 Å². The summed E-state index contributed by atoms with van der Waals surface area (Å²) in [6.45, 7) is 1.91. The number of carbonyl (C=O) groups excluding carboxylic acids is 1. The van der Waals surface area contributed by atoms with Crippen LogP contribution in [0.1, 0.15) is 39.0 Å². The van der Waals surface area contributed by atoms with Crippen molar-refractivity contribution in [3.63, 3.8) is 0 Å². The van der Waals surface area contributed by atoms with Crippen molar-refractivity contribution >= 4 is 24.7 Å². The molecule has 0 spiro atoms. The van der Waals surface area contributed by atoms with Crippen molar-refractivity contribution in [3.05, 3.63) is 0 Å². The van der Waals surface area contributed by atoms with E-state index in [0.717, 1.165) is 25.0 Å². The molecule has 0 aromatic heterocycles. The molecule has 16 heavy (non-hydrogen) atoms. The van der Waals surface area contributed by atoms with Gasteiger partial charge in [0.05, 0.1) is 6.61 Å². The Morgan fingerprint density at radius 3 is 2.56 bits per heavy atom. The van der Waals surface area contributed by atoms with Gasteiger partial charge in [-0.25, -0.2) is 4.57 Å². The maximum absolute atomic E-state index is 11.2. The first kappa shape index (κ1) is 16.1. The van der Waals surface area contributed by atoms with Crippen LogP contribution in [-0.4, -0.2) is 27.3 Å². The monoisotopic (exact) mass is 270 g/mol. The molecule has 5 nitrogen and oxygen atoms in total. The maximum atomic E-state index is 11.2. The molecule has 0 aromatic carbocycles. The van der Waals surface area contributed by atoms with Crippen molar-refractivity contribution in [1.82, 2.24) is 0 Å². The number of hydrogen-bond acceptors (Lipinski definition) is 4. The summed E-state index contributed by atoms with van der Waals surface area (Å²) < 4.78 is 14.5. The SMILES string of the molecule is CCCCCCSC(=O)CCOP(=O)(O)O. The number of carbonyl (C=O) groups is 1. The lowest BCUT2D eigenvalue weighted by Gasteiger charge is -2.04. The lowest BCUT2D eigenvalue weighted by molar-refractivity contribution is -0.111. The maximum Gasteiger partial charge on any atom is 0.469 e. The van der Waals surface area contributed by atoms with E-state index >= 15 is 0 Å². The van der Waals surface area contributed by atoms with Crippen molar-refractivity contribution < 1.29 is 23.7 Å². The Balaban J connectivity index is 3.35. The number of unbranched alkanes of at least 4 members (excludes halogenated alkanes) is 3. The number of hydrogen-bond donors (Lipinski definition) is 2. The molecular weight excluding hydrogens is 251 g/mol. The lowest BCUT2D eigenvalue weighted by Crippen LogP contribution is -2.00. The number of phosphoric ester groups is 1. The second-order valence-electron chi connectivity index (χ2n) is 3.35. The van der Waals surface area contributed by atoms with Crippen LogP contribution in [0.5, 0.6) is 0 Å². The molecule has 0 rings (SSSR count). The Morgan fingerprint density at radius 1 is 1.31 bits per heavy atom. The average molecular weight is 270 g/mol. The fraction of sp³-hybridized carbons (Fsp3) is 0.889. The Hall–Kier alpha value is 0.130. The van der Waals surface area contributed by atoms with Crippen LogP contribution in [0, 0.1) is 0 Å². The van der Waals surface area contributed by atoms with Crippen LogP contribution in [0.2, 0.25) is 0 Å². The number of phosphoric acid groups is 1. The fourth-order valence-electron chi connectivity index (χ4n) is 1.03. The Morgan fingerprint density at radius 2 is 2.00 bits per heavy atom. The third-order valence-electron chi connectivity index (χ3n) is 1.83. The Bertz CT molecular complexity index is 240. The summed E-state index contributed by atoms with van der Waals surface area (Å²) in [5.41, 5.74) is 0. The van der Waals surface area contributed by atoms with Crippen molar-refractivity contribution in [2.45, 2.75) is 39.0 Å². The van der Waals surface area contributed by atoms with E-state index in [1.807, 2.05) is 0 Å². The van der Waals surface area contributed by atoms with E-state index in [4.69, 9.17) is 9.79 Å².